The van der Waals surface area contributed by atoms with E-state index in [-0.39, 0.29) is 17.0 Å². The van der Waals surface area contributed by atoms with Crippen LogP contribution in [-0.2, 0) is 4.79 Å². The van der Waals surface area contributed by atoms with Gasteiger partial charge in [0.2, 0.25) is 0 Å². The Morgan fingerprint density at radius 1 is 1.33 bits per heavy atom. The van der Waals surface area contributed by atoms with Crippen molar-refractivity contribution in [2.45, 2.75) is 5.37 Å². The van der Waals surface area contributed by atoms with Crippen molar-refractivity contribution in [3.05, 3.63) is 30.1 Å². The summed E-state index contributed by atoms with van der Waals surface area (Å²) in [4.78, 5) is 24.7. The van der Waals surface area contributed by atoms with E-state index in [1.165, 1.54) is 29.2 Å². The van der Waals surface area contributed by atoms with E-state index >= 15 is 0 Å². The van der Waals surface area contributed by atoms with Crippen molar-refractivity contribution in [3.8, 4) is 0 Å². The van der Waals surface area contributed by atoms with Gasteiger partial charge in [-0.15, -0.1) is 0 Å². The summed E-state index contributed by atoms with van der Waals surface area (Å²) in [6.45, 7) is 0.353. The molecule has 0 aromatic heterocycles. The number of imide groups is 1. The van der Waals surface area contributed by atoms with Gasteiger partial charge >= 0.3 is 0 Å². The first-order valence-corrected chi connectivity index (χ1v) is 7.22. The lowest BCUT2D eigenvalue weighted by molar-refractivity contribution is -0.125. The molecular weight excluding hydrogens is 323 g/mol. The van der Waals surface area contributed by atoms with Crippen molar-refractivity contribution in [1.82, 2.24) is 4.90 Å². The zero-order valence-corrected chi connectivity index (χ0v) is 11.6. The molecule has 1 aromatic rings. The van der Waals surface area contributed by atoms with Crippen LogP contribution in [0.25, 0.3) is 0 Å². The van der Waals surface area contributed by atoms with Crippen LogP contribution in [-0.4, -0.2) is 33.3 Å². The van der Waals surface area contributed by atoms with Crippen LogP contribution >= 0.6 is 27.7 Å². The van der Waals surface area contributed by atoms with E-state index in [4.69, 9.17) is 0 Å². The lowest BCUT2D eigenvalue weighted by atomic mass is 10.3. The molecule has 1 N–H and O–H groups in total. The molecule has 0 spiro atoms. The summed E-state index contributed by atoms with van der Waals surface area (Å²) in [6.07, 6.45) is 0. The summed E-state index contributed by atoms with van der Waals surface area (Å²) in [5.74, 6) is -0.614. The number of hydrogen-bond acceptors (Lipinski definition) is 4. The number of hydrogen-bond donors (Lipinski definition) is 1. The highest BCUT2D eigenvalue weighted by atomic mass is 79.9. The van der Waals surface area contributed by atoms with E-state index in [9.17, 15) is 14.0 Å². The second kappa shape index (κ2) is 5.71. The van der Waals surface area contributed by atoms with Crippen molar-refractivity contribution in [2.75, 3.05) is 17.2 Å². The number of nitrogens with zero attached hydrogens (tertiary/aromatic N) is 1. The van der Waals surface area contributed by atoms with Gasteiger partial charge in [-0.2, -0.15) is 0 Å². The van der Waals surface area contributed by atoms with Gasteiger partial charge in [0.05, 0.1) is 0 Å². The van der Waals surface area contributed by atoms with Crippen LogP contribution < -0.4 is 5.32 Å². The van der Waals surface area contributed by atoms with E-state index in [0.29, 0.717) is 17.6 Å². The molecule has 1 unspecified atom stereocenters. The highest BCUT2D eigenvalue weighted by Crippen LogP contribution is 2.28. The Morgan fingerprint density at radius 2 is 2.00 bits per heavy atom. The van der Waals surface area contributed by atoms with Gasteiger partial charge in [0.15, 0.2) is 5.37 Å². The lowest BCUT2D eigenvalue weighted by Crippen LogP contribution is -2.35. The highest BCUT2D eigenvalue weighted by molar-refractivity contribution is 9.09. The largest absolute Gasteiger partial charge is 0.365 e. The molecule has 1 atom stereocenters. The molecule has 2 amide bonds. The second-order valence-corrected chi connectivity index (χ2v) is 5.44. The molecule has 7 heteroatoms. The summed E-state index contributed by atoms with van der Waals surface area (Å²) in [5, 5.41) is 2.55. The van der Waals surface area contributed by atoms with Gasteiger partial charge in [-0.1, -0.05) is 15.9 Å². The molecule has 18 heavy (non-hydrogen) atoms. The Balaban J connectivity index is 2.05. The predicted octanol–water partition coefficient (Wildman–Crippen LogP) is 2.65. The smallest absolute Gasteiger partial charge is 0.290 e. The molecule has 1 saturated heterocycles. The molecule has 2 rings (SSSR count). The SMILES string of the molecule is O=C1SC(Nc2ccc(F)cc2)C(=O)N1CCBr. The Hall–Kier alpha value is -1.08. The van der Waals surface area contributed by atoms with Crippen molar-refractivity contribution >= 4 is 44.5 Å². The molecular formula is C11H10BrFN2O2S. The lowest BCUT2D eigenvalue weighted by Gasteiger charge is -2.13. The number of alkyl halides is 1. The summed E-state index contributed by atoms with van der Waals surface area (Å²) < 4.78 is 12.7. The molecule has 1 aliphatic rings. The standard InChI is InChI=1S/C11H10BrFN2O2S/c12-5-6-15-10(16)9(18-11(15)17)14-8-3-1-7(13)2-4-8/h1-4,9,14H,5-6H2. The van der Waals surface area contributed by atoms with E-state index in [0.717, 1.165) is 11.8 Å². The minimum atomic E-state index is -0.637. The topological polar surface area (TPSA) is 49.4 Å². The quantitative estimate of drug-likeness (QED) is 0.861. The second-order valence-electron chi connectivity index (χ2n) is 3.59. The average molecular weight is 333 g/mol. The van der Waals surface area contributed by atoms with E-state index in [2.05, 4.69) is 21.2 Å². The number of rotatable bonds is 4. The average Bonchev–Trinajstić information content (AvgIpc) is 2.60. The van der Waals surface area contributed by atoms with Crippen LogP contribution in [0.5, 0.6) is 0 Å². The van der Waals surface area contributed by atoms with Crippen molar-refractivity contribution in [1.29, 1.82) is 0 Å². The van der Waals surface area contributed by atoms with Crippen LogP contribution in [0.1, 0.15) is 0 Å². The minimum absolute atomic E-state index is 0.265. The van der Waals surface area contributed by atoms with Gasteiger partial charge in [0, 0.05) is 17.6 Å². The molecule has 0 bridgehead atoms. The van der Waals surface area contributed by atoms with Crippen molar-refractivity contribution in [2.24, 2.45) is 0 Å². The minimum Gasteiger partial charge on any atom is -0.365 e. The zero-order valence-electron chi connectivity index (χ0n) is 9.23. The Labute approximate surface area is 116 Å². The van der Waals surface area contributed by atoms with Gasteiger partial charge < -0.3 is 5.32 Å². The van der Waals surface area contributed by atoms with E-state index < -0.39 is 5.37 Å². The number of amides is 2. The zero-order chi connectivity index (χ0) is 13.1. The first-order chi connectivity index (χ1) is 8.61. The van der Waals surface area contributed by atoms with Gasteiger partial charge in [0.25, 0.3) is 11.1 Å². The third-order valence-corrected chi connectivity index (χ3v) is 3.71. The Bertz CT molecular complexity index is 469. The van der Waals surface area contributed by atoms with Crippen molar-refractivity contribution < 1.29 is 14.0 Å². The monoisotopic (exact) mass is 332 g/mol. The summed E-state index contributed by atoms with van der Waals surface area (Å²) in [6, 6.07) is 5.65. The van der Waals surface area contributed by atoms with Crippen LogP contribution in [0, 0.1) is 5.82 Å². The van der Waals surface area contributed by atoms with Crippen LogP contribution in [0.15, 0.2) is 24.3 Å². The van der Waals surface area contributed by atoms with Gasteiger partial charge in [-0.25, -0.2) is 4.39 Å². The maximum Gasteiger partial charge on any atom is 0.290 e. The van der Waals surface area contributed by atoms with Gasteiger partial charge in [-0.3, -0.25) is 14.5 Å². The number of anilines is 1. The number of benzene rings is 1. The molecule has 1 aliphatic heterocycles. The van der Waals surface area contributed by atoms with Crippen LogP contribution in [0.3, 0.4) is 0 Å². The fourth-order valence-electron chi connectivity index (χ4n) is 1.52. The normalized spacial score (nSPS) is 19.4. The maximum atomic E-state index is 12.7. The fourth-order valence-corrected chi connectivity index (χ4v) is 2.81. The first-order valence-electron chi connectivity index (χ1n) is 5.22. The molecule has 4 nitrogen and oxygen atoms in total. The molecule has 1 heterocycles. The third kappa shape index (κ3) is 2.84. The highest BCUT2D eigenvalue weighted by Gasteiger charge is 2.39. The summed E-state index contributed by atoms with van der Waals surface area (Å²) >= 11 is 4.12. The summed E-state index contributed by atoms with van der Waals surface area (Å²) in [7, 11) is 0. The van der Waals surface area contributed by atoms with Crippen molar-refractivity contribution in [3.63, 3.8) is 0 Å². The third-order valence-electron chi connectivity index (χ3n) is 2.38. The number of halogens is 2. The van der Waals surface area contributed by atoms with Gasteiger partial charge in [0.1, 0.15) is 5.82 Å². The molecule has 0 saturated carbocycles. The summed E-state index contributed by atoms with van der Waals surface area (Å²) in [5.41, 5.74) is 0.607. The molecule has 1 fully saturated rings. The van der Waals surface area contributed by atoms with Gasteiger partial charge in [-0.05, 0) is 36.0 Å². The van der Waals surface area contributed by atoms with Crippen LogP contribution in [0.2, 0.25) is 0 Å². The maximum absolute atomic E-state index is 12.7. The molecule has 0 aliphatic carbocycles. The molecule has 0 radical (unpaired) electrons. The Kier molecular flexibility index (Phi) is 4.23. The molecule has 1 aromatic carbocycles. The number of carbonyl (C=O) groups excluding carboxylic acids is 2. The Morgan fingerprint density at radius 3 is 2.61 bits per heavy atom. The van der Waals surface area contributed by atoms with E-state index in [1.807, 2.05) is 0 Å². The number of nitrogens with one attached hydrogen (secondary N) is 1. The van der Waals surface area contributed by atoms with E-state index in [1.54, 1.807) is 0 Å². The number of carbonyl (C=O) groups is 2. The molecule has 96 valence electrons. The first kappa shape index (κ1) is 13.4. The predicted molar refractivity (Wildman–Crippen MR) is 72.3 cm³/mol. The fraction of sp³-hybridized carbons (Fsp3) is 0.273. The number of thioether (sulfide) groups is 1. The van der Waals surface area contributed by atoms with Crippen LogP contribution in [0.4, 0.5) is 14.9 Å².